The Morgan fingerprint density at radius 3 is 2.57 bits per heavy atom. The fraction of sp³-hybridized carbons (Fsp3) is 0.222. The van der Waals surface area contributed by atoms with E-state index in [4.69, 9.17) is 14.0 Å². The highest BCUT2D eigenvalue weighted by Gasteiger charge is 2.11. The number of aromatic nitrogens is 2. The molecule has 0 saturated carbocycles. The second-order valence-corrected chi connectivity index (χ2v) is 4.96. The predicted molar refractivity (Wildman–Crippen MR) is 86.7 cm³/mol. The maximum absolute atomic E-state index is 5.43. The van der Waals surface area contributed by atoms with Crippen molar-refractivity contribution in [1.29, 1.82) is 0 Å². The number of methoxy groups -OCH3 is 1. The van der Waals surface area contributed by atoms with Gasteiger partial charge < -0.3 is 14.0 Å². The average Bonchev–Trinajstić information content (AvgIpc) is 3.05. The minimum Gasteiger partial charge on any atom is -0.496 e. The van der Waals surface area contributed by atoms with E-state index in [1.165, 1.54) is 0 Å². The summed E-state index contributed by atoms with van der Waals surface area (Å²) in [5.41, 5.74) is 1.89. The molecule has 0 spiro atoms. The van der Waals surface area contributed by atoms with Crippen LogP contribution in [0.15, 0.2) is 53.1 Å². The van der Waals surface area contributed by atoms with Gasteiger partial charge in [-0.15, -0.1) is 0 Å². The van der Waals surface area contributed by atoms with Crippen molar-refractivity contribution in [2.24, 2.45) is 0 Å². The maximum Gasteiger partial charge on any atom is 0.257 e. The van der Waals surface area contributed by atoms with Gasteiger partial charge in [-0.3, -0.25) is 0 Å². The van der Waals surface area contributed by atoms with Crippen LogP contribution >= 0.6 is 0 Å². The molecule has 2 aromatic carbocycles. The summed E-state index contributed by atoms with van der Waals surface area (Å²) in [5.74, 6) is 2.77. The van der Waals surface area contributed by atoms with Gasteiger partial charge in [0.25, 0.3) is 5.89 Å². The van der Waals surface area contributed by atoms with Crippen molar-refractivity contribution in [3.63, 3.8) is 0 Å². The van der Waals surface area contributed by atoms with Crippen LogP contribution in [0.4, 0.5) is 0 Å². The van der Waals surface area contributed by atoms with Crippen LogP contribution < -0.4 is 9.47 Å². The zero-order valence-corrected chi connectivity index (χ0v) is 13.2. The lowest BCUT2D eigenvalue weighted by molar-refractivity contribution is 0.340. The van der Waals surface area contributed by atoms with E-state index in [9.17, 15) is 0 Å². The Kier molecular flexibility index (Phi) is 4.57. The van der Waals surface area contributed by atoms with Gasteiger partial charge in [0.1, 0.15) is 11.5 Å². The fourth-order valence-corrected chi connectivity index (χ4v) is 2.32. The lowest BCUT2D eigenvalue weighted by Crippen LogP contribution is -1.95. The van der Waals surface area contributed by atoms with E-state index in [2.05, 4.69) is 10.1 Å². The average molecular weight is 310 g/mol. The number of hydrogen-bond donors (Lipinski definition) is 0. The molecule has 0 N–H and O–H groups in total. The molecule has 0 amide bonds. The van der Waals surface area contributed by atoms with Gasteiger partial charge in [0.2, 0.25) is 0 Å². The molecule has 3 aromatic rings. The molecule has 0 aliphatic heterocycles. The van der Waals surface area contributed by atoms with E-state index in [0.717, 1.165) is 22.6 Å². The van der Waals surface area contributed by atoms with E-state index < -0.39 is 0 Å². The molecule has 0 unspecified atom stereocenters. The monoisotopic (exact) mass is 310 g/mol. The molecule has 23 heavy (non-hydrogen) atoms. The van der Waals surface area contributed by atoms with Crippen LogP contribution in [0.2, 0.25) is 0 Å². The quantitative estimate of drug-likeness (QED) is 0.694. The van der Waals surface area contributed by atoms with E-state index in [1.54, 1.807) is 7.11 Å². The summed E-state index contributed by atoms with van der Waals surface area (Å²) < 4.78 is 16.1. The van der Waals surface area contributed by atoms with Crippen LogP contribution in [0, 0.1) is 0 Å². The van der Waals surface area contributed by atoms with E-state index >= 15 is 0 Å². The highest BCUT2D eigenvalue weighted by Crippen LogP contribution is 2.23. The highest BCUT2D eigenvalue weighted by atomic mass is 16.5. The Morgan fingerprint density at radius 1 is 1.04 bits per heavy atom. The van der Waals surface area contributed by atoms with Gasteiger partial charge in [-0.25, -0.2) is 0 Å². The van der Waals surface area contributed by atoms with Crippen molar-refractivity contribution in [2.45, 2.75) is 13.3 Å². The summed E-state index contributed by atoms with van der Waals surface area (Å²) in [5, 5.41) is 4.05. The molecule has 118 valence electrons. The van der Waals surface area contributed by atoms with Crippen molar-refractivity contribution in [2.75, 3.05) is 13.7 Å². The molecule has 1 aromatic heterocycles. The number of ether oxygens (including phenoxy) is 2. The summed E-state index contributed by atoms with van der Waals surface area (Å²) in [6.07, 6.45) is 0.560. The van der Waals surface area contributed by atoms with E-state index in [1.807, 2.05) is 55.5 Å². The predicted octanol–water partition coefficient (Wildman–Crippen LogP) is 3.73. The smallest absolute Gasteiger partial charge is 0.257 e. The first-order valence-electron chi connectivity index (χ1n) is 7.48. The molecule has 5 nitrogen and oxygen atoms in total. The SMILES string of the molecule is CCOc1ccc(-c2nc(Cc3ccccc3OC)no2)cc1. The van der Waals surface area contributed by atoms with Crippen molar-refractivity contribution in [3.05, 3.63) is 59.9 Å². The van der Waals surface area contributed by atoms with E-state index in [-0.39, 0.29) is 0 Å². The third kappa shape index (κ3) is 3.51. The molecule has 1 heterocycles. The summed E-state index contributed by atoms with van der Waals surface area (Å²) in [7, 11) is 1.65. The molecule has 0 fully saturated rings. The zero-order chi connectivity index (χ0) is 16.1. The number of para-hydroxylation sites is 1. The Bertz CT molecular complexity index is 766. The van der Waals surface area contributed by atoms with Gasteiger partial charge in [-0.1, -0.05) is 23.4 Å². The van der Waals surface area contributed by atoms with Crippen LogP contribution in [0.5, 0.6) is 11.5 Å². The lowest BCUT2D eigenvalue weighted by Gasteiger charge is -2.05. The normalized spacial score (nSPS) is 10.5. The summed E-state index contributed by atoms with van der Waals surface area (Å²) in [4.78, 5) is 4.45. The minimum absolute atomic E-state index is 0.498. The van der Waals surface area contributed by atoms with Crippen LogP contribution in [0.3, 0.4) is 0 Å². The summed E-state index contributed by atoms with van der Waals surface area (Å²) in [6, 6.07) is 15.4. The van der Waals surface area contributed by atoms with Gasteiger partial charge in [-0.05, 0) is 37.3 Å². The Labute approximate surface area is 134 Å². The van der Waals surface area contributed by atoms with Gasteiger partial charge >= 0.3 is 0 Å². The molecule has 5 heteroatoms. The summed E-state index contributed by atoms with van der Waals surface area (Å²) in [6.45, 7) is 2.60. The Balaban J connectivity index is 1.77. The van der Waals surface area contributed by atoms with Crippen molar-refractivity contribution < 1.29 is 14.0 Å². The van der Waals surface area contributed by atoms with Crippen molar-refractivity contribution in [3.8, 4) is 23.0 Å². The molecule has 0 aliphatic rings. The molecule has 3 rings (SSSR count). The number of rotatable bonds is 6. The second-order valence-electron chi connectivity index (χ2n) is 4.96. The molecule has 0 atom stereocenters. The Hall–Kier alpha value is -2.82. The third-order valence-electron chi connectivity index (χ3n) is 3.42. The molecular formula is C18H18N2O3. The summed E-state index contributed by atoms with van der Waals surface area (Å²) >= 11 is 0. The topological polar surface area (TPSA) is 57.4 Å². The van der Waals surface area contributed by atoms with Gasteiger partial charge in [0.05, 0.1) is 13.7 Å². The molecular weight excluding hydrogens is 292 g/mol. The zero-order valence-electron chi connectivity index (χ0n) is 13.2. The highest BCUT2D eigenvalue weighted by molar-refractivity contribution is 5.54. The number of benzene rings is 2. The number of hydrogen-bond acceptors (Lipinski definition) is 5. The molecule has 0 radical (unpaired) electrons. The lowest BCUT2D eigenvalue weighted by atomic mass is 10.1. The standard InChI is InChI=1S/C18H18N2O3/c1-3-22-15-10-8-13(9-11-15)18-19-17(20-23-18)12-14-6-4-5-7-16(14)21-2/h4-11H,3,12H2,1-2H3. The van der Waals surface area contributed by atoms with Crippen molar-refractivity contribution in [1.82, 2.24) is 10.1 Å². The molecule has 0 aliphatic carbocycles. The molecule has 0 saturated heterocycles. The third-order valence-corrected chi connectivity index (χ3v) is 3.42. The minimum atomic E-state index is 0.498. The van der Waals surface area contributed by atoms with Crippen LogP contribution in [0.1, 0.15) is 18.3 Å². The van der Waals surface area contributed by atoms with Crippen LogP contribution in [-0.2, 0) is 6.42 Å². The van der Waals surface area contributed by atoms with Gasteiger partial charge in [0.15, 0.2) is 5.82 Å². The second kappa shape index (κ2) is 6.96. The van der Waals surface area contributed by atoms with Gasteiger partial charge in [-0.2, -0.15) is 4.98 Å². The van der Waals surface area contributed by atoms with Gasteiger partial charge in [0, 0.05) is 17.5 Å². The van der Waals surface area contributed by atoms with Crippen molar-refractivity contribution >= 4 is 0 Å². The van der Waals surface area contributed by atoms with E-state index in [0.29, 0.717) is 24.7 Å². The maximum atomic E-state index is 5.43. The molecule has 0 bridgehead atoms. The first kappa shape index (κ1) is 15.1. The Morgan fingerprint density at radius 2 is 1.83 bits per heavy atom. The first-order valence-corrected chi connectivity index (χ1v) is 7.48. The largest absolute Gasteiger partial charge is 0.496 e. The number of nitrogens with zero attached hydrogens (tertiary/aromatic N) is 2. The fourth-order valence-electron chi connectivity index (χ4n) is 2.32. The first-order chi connectivity index (χ1) is 11.3. The van der Waals surface area contributed by atoms with Crippen LogP contribution in [0.25, 0.3) is 11.5 Å². The van der Waals surface area contributed by atoms with Crippen LogP contribution in [-0.4, -0.2) is 23.9 Å².